The number of esters is 1. The smallest absolute Gasteiger partial charge is 0.330 e. The monoisotopic (exact) mass is 376 g/mol. The number of rotatable bonds is 5. The molecule has 2 fully saturated rings. The van der Waals surface area contributed by atoms with E-state index in [0.29, 0.717) is 4.90 Å². The van der Waals surface area contributed by atoms with Crippen LogP contribution in [0.4, 0.5) is 0 Å². The Balaban J connectivity index is 1.95. The fraction of sp³-hybridized carbons (Fsp3) is 0.571. The highest BCUT2D eigenvalue weighted by atomic mass is 32.2. The second-order valence-corrected chi connectivity index (χ2v) is 10.4. The van der Waals surface area contributed by atoms with Gasteiger partial charge in [-0.1, -0.05) is 45.0 Å². The summed E-state index contributed by atoms with van der Waals surface area (Å²) < 4.78 is 31.8. The van der Waals surface area contributed by atoms with E-state index in [1.54, 1.807) is 37.3 Å². The number of allylic oxidation sites excluding steroid dienone is 1. The van der Waals surface area contributed by atoms with Crippen LogP contribution in [0.5, 0.6) is 0 Å². The van der Waals surface area contributed by atoms with E-state index in [1.807, 2.05) is 6.07 Å². The summed E-state index contributed by atoms with van der Waals surface area (Å²) in [6, 6.07) is 8.56. The van der Waals surface area contributed by atoms with Gasteiger partial charge >= 0.3 is 5.97 Å². The van der Waals surface area contributed by atoms with Gasteiger partial charge < -0.3 is 4.74 Å². The number of carbonyl (C=O) groups excluding carboxylic acids is 1. The van der Waals surface area contributed by atoms with Gasteiger partial charge in [-0.15, -0.1) is 0 Å². The second-order valence-electron chi connectivity index (χ2n) is 8.40. The molecular weight excluding hydrogens is 348 g/mol. The van der Waals surface area contributed by atoms with E-state index >= 15 is 0 Å². The van der Waals surface area contributed by atoms with Gasteiger partial charge in [-0.3, -0.25) is 0 Å². The van der Waals surface area contributed by atoms with Gasteiger partial charge in [-0.25, -0.2) is 13.2 Å². The third-order valence-corrected chi connectivity index (χ3v) is 8.78. The van der Waals surface area contributed by atoms with Crippen molar-refractivity contribution in [3.63, 3.8) is 0 Å². The summed E-state index contributed by atoms with van der Waals surface area (Å²) in [4.78, 5) is 12.5. The van der Waals surface area contributed by atoms with Gasteiger partial charge in [0, 0.05) is 17.4 Å². The maximum Gasteiger partial charge on any atom is 0.330 e. The van der Waals surface area contributed by atoms with Crippen molar-refractivity contribution in [1.82, 2.24) is 0 Å². The lowest BCUT2D eigenvalue weighted by atomic mass is 9.70. The fourth-order valence-corrected chi connectivity index (χ4v) is 6.88. The van der Waals surface area contributed by atoms with Crippen LogP contribution in [-0.2, 0) is 19.4 Å². The Morgan fingerprint density at radius 3 is 2.50 bits per heavy atom. The molecule has 2 aliphatic carbocycles. The predicted octanol–water partition coefficient (Wildman–Crippen LogP) is 4.02. The first-order chi connectivity index (χ1) is 12.1. The quantitative estimate of drug-likeness (QED) is 0.575. The van der Waals surface area contributed by atoms with Gasteiger partial charge in [0.05, 0.1) is 10.6 Å². The van der Waals surface area contributed by atoms with Crippen LogP contribution in [0.3, 0.4) is 0 Å². The van der Waals surface area contributed by atoms with Crippen LogP contribution in [0.15, 0.2) is 47.4 Å². The predicted molar refractivity (Wildman–Crippen MR) is 101 cm³/mol. The zero-order valence-electron chi connectivity index (χ0n) is 15.9. The van der Waals surface area contributed by atoms with Crippen molar-refractivity contribution in [1.29, 1.82) is 0 Å². The molecule has 0 aliphatic heterocycles. The maximum absolute atomic E-state index is 13.0. The Morgan fingerprint density at radius 1 is 1.23 bits per heavy atom. The van der Waals surface area contributed by atoms with Crippen molar-refractivity contribution in [2.24, 2.45) is 22.7 Å². The Hall–Kier alpha value is -1.62. The van der Waals surface area contributed by atoms with Crippen LogP contribution in [0.2, 0.25) is 0 Å². The number of benzene rings is 1. The first kappa shape index (κ1) is 19.2. The maximum atomic E-state index is 13.0. The number of carbonyl (C=O) groups is 1. The Labute approximate surface area is 156 Å². The molecule has 4 nitrogen and oxygen atoms in total. The number of hydrogen-bond acceptors (Lipinski definition) is 4. The lowest BCUT2D eigenvalue weighted by molar-refractivity contribution is -0.153. The minimum atomic E-state index is -3.43. The molecule has 0 heterocycles. The molecule has 0 aromatic heterocycles. The first-order valence-corrected chi connectivity index (χ1v) is 10.9. The largest absolute Gasteiger partial charge is 0.458 e. The van der Waals surface area contributed by atoms with E-state index in [-0.39, 0.29) is 40.5 Å². The topological polar surface area (TPSA) is 60.4 Å². The van der Waals surface area contributed by atoms with E-state index in [0.717, 1.165) is 12.8 Å². The van der Waals surface area contributed by atoms with Crippen molar-refractivity contribution in [3.05, 3.63) is 42.5 Å². The highest BCUT2D eigenvalue weighted by molar-refractivity contribution is 7.91. The molecule has 3 rings (SSSR count). The van der Waals surface area contributed by atoms with E-state index in [2.05, 4.69) is 20.8 Å². The van der Waals surface area contributed by atoms with Gasteiger partial charge in [0.15, 0.2) is 9.84 Å². The van der Waals surface area contributed by atoms with Gasteiger partial charge in [0.1, 0.15) is 6.10 Å². The normalized spacial score (nSPS) is 32.8. The molecule has 2 bridgehead atoms. The summed E-state index contributed by atoms with van der Waals surface area (Å²) in [6.45, 7) is 8.30. The van der Waals surface area contributed by atoms with Crippen LogP contribution in [0.25, 0.3) is 0 Å². The SMILES string of the molecule is C/C=C/C(=O)O[C@@H]1[C@@H](CS(=O)(=O)c2ccccc2)[C@H]2CC[C@]1(C)C2(C)C. The van der Waals surface area contributed by atoms with Crippen LogP contribution in [0.1, 0.15) is 40.5 Å². The second kappa shape index (κ2) is 6.52. The zero-order valence-corrected chi connectivity index (χ0v) is 16.8. The highest BCUT2D eigenvalue weighted by Gasteiger charge is 2.68. The lowest BCUT2D eigenvalue weighted by Gasteiger charge is -2.39. The molecule has 5 heteroatoms. The summed E-state index contributed by atoms with van der Waals surface area (Å²) in [5.41, 5.74) is -0.267. The molecular formula is C21H28O4S. The Morgan fingerprint density at radius 2 is 1.88 bits per heavy atom. The average molecular weight is 377 g/mol. The standard InChI is InChI=1S/C21H28O4S/c1-5-9-18(22)25-19-16(17-12-13-21(19,4)20(17,2)3)14-26(23,24)15-10-7-6-8-11-15/h5-11,16-17,19H,12-14H2,1-4H3/b9-5+/t16-,17+,19+,21-/m0/s1. The molecule has 0 spiro atoms. The van der Waals surface area contributed by atoms with Gasteiger partial charge in [0.25, 0.3) is 0 Å². The van der Waals surface area contributed by atoms with Crippen molar-refractivity contribution < 1.29 is 17.9 Å². The molecule has 26 heavy (non-hydrogen) atoms. The molecule has 0 unspecified atom stereocenters. The zero-order chi connectivity index (χ0) is 19.2. The fourth-order valence-electron chi connectivity index (χ4n) is 5.20. The summed E-state index contributed by atoms with van der Waals surface area (Å²) in [5, 5.41) is 0. The molecule has 142 valence electrons. The summed E-state index contributed by atoms with van der Waals surface area (Å²) >= 11 is 0. The molecule has 4 atom stereocenters. The van der Waals surface area contributed by atoms with Gasteiger partial charge in [0.2, 0.25) is 0 Å². The molecule has 1 aromatic rings. The minimum absolute atomic E-state index is 0.0223. The van der Waals surface area contributed by atoms with E-state index in [4.69, 9.17) is 4.74 Å². The van der Waals surface area contributed by atoms with Crippen molar-refractivity contribution in [2.75, 3.05) is 5.75 Å². The van der Waals surface area contributed by atoms with Crippen LogP contribution in [0, 0.1) is 22.7 Å². The number of sulfone groups is 1. The molecule has 1 aromatic carbocycles. The molecule has 0 N–H and O–H groups in total. The third kappa shape index (κ3) is 2.90. The van der Waals surface area contributed by atoms with Crippen LogP contribution < -0.4 is 0 Å². The minimum Gasteiger partial charge on any atom is -0.458 e. The van der Waals surface area contributed by atoms with Gasteiger partial charge in [-0.05, 0) is 43.2 Å². The summed E-state index contributed by atoms with van der Waals surface area (Å²) in [7, 11) is -3.43. The molecule has 0 saturated heterocycles. The summed E-state index contributed by atoms with van der Waals surface area (Å²) in [6.07, 6.45) is 4.62. The molecule has 0 amide bonds. The number of hydrogen-bond donors (Lipinski definition) is 0. The van der Waals surface area contributed by atoms with E-state index < -0.39 is 9.84 Å². The lowest BCUT2D eigenvalue weighted by Crippen LogP contribution is -2.42. The molecule has 2 aliphatic rings. The highest BCUT2D eigenvalue weighted by Crippen LogP contribution is 2.68. The third-order valence-electron chi connectivity index (χ3n) is 6.97. The number of ether oxygens (including phenoxy) is 1. The van der Waals surface area contributed by atoms with Crippen molar-refractivity contribution >= 4 is 15.8 Å². The Bertz CT molecular complexity index is 810. The first-order valence-electron chi connectivity index (χ1n) is 9.24. The van der Waals surface area contributed by atoms with Crippen molar-refractivity contribution in [3.8, 4) is 0 Å². The summed E-state index contributed by atoms with van der Waals surface area (Å²) in [5.74, 6) is -0.309. The molecule has 0 radical (unpaired) electrons. The Kier molecular flexibility index (Phi) is 4.80. The van der Waals surface area contributed by atoms with Crippen LogP contribution in [-0.4, -0.2) is 26.2 Å². The van der Waals surface area contributed by atoms with E-state index in [1.165, 1.54) is 6.08 Å². The van der Waals surface area contributed by atoms with Gasteiger partial charge in [-0.2, -0.15) is 0 Å². The molecule has 2 saturated carbocycles. The number of fused-ring (bicyclic) bond motifs is 2. The average Bonchev–Trinajstić information content (AvgIpc) is 2.89. The van der Waals surface area contributed by atoms with Crippen LogP contribution >= 0.6 is 0 Å². The van der Waals surface area contributed by atoms with E-state index in [9.17, 15) is 13.2 Å². The van der Waals surface area contributed by atoms with Crippen molar-refractivity contribution in [2.45, 2.75) is 51.5 Å².